The van der Waals surface area contributed by atoms with Crippen LogP contribution in [-0.4, -0.2) is 33.3 Å². The predicted octanol–water partition coefficient (Wildman–Crippen LogP) is 1.75. The fourth-order valence-electron chi connectivity index (χ4n) is 3.12. The Morgan fingerprint density at radius 2 is 1.90 bits per heavy atom. The van der Waals surface area contributed by atoms with E-state index in [-0.39, 0.29) is 18.6 Å². The minimum absolute atomic E-state index is 0.0126. The van der Waals surface area contributed by atoms with Crippen molar-refractivity contribution in [3.8, 4) is 5.75 Å². The number of methoxy groups -OCH3 is 1. The highest BCUT2D eigenvalue weighted by atomic mass is 32.2. The van der Waals surface area contributed by atoms with E-state index in [1.807, 2.05) is 0 Å². The van der Waals surface area contributed by atoms with Crippen molar-refractivity contribution < 1.29 is 18.3 Å². The lowest BCUT2D eigenvalue weighted by Crippen LogP contribution is -2.39. The van der Waals surface area contributed by atoms with E-state index >= 15 is 0 Å². The molecule has 1 saturated carbocycles. The second-order valence-corrected chi connectivity index (χ2v) is 7.34. The highest BCUT2D eigenvalue weighted by Gasteiger charge is 2.32. The zero-order valence-corrected chi connectivity index (χ0v) is 13.5. The van der Waals surface area contributed by atoms with Gasteiger partial charge in [-0.2, -0.15) is 0 Å². The predicted molar refractivity (Wildman–Crippen MR) is 81.0 cm³/mol. The molecule has 0 amide bonds. The second kappa shape index (κ2) is 6.34. The van der Waals surface area contributed by atoms with E-state index in [1.165, 1.54) is 0 Å². The first-order valence-electron chi connectivity index (χ1n) is 7.17. The highest BCUT2D eigenvalue weighted by Crippen LogP contribution is 2.29. The average molecular weight is 313 g/mol. The Kier molecular flexibility index (Phi) is 4.91. The van der Waals surface area contributed by atoms with E-state index in [0.717, 1.165) is 19.3 Å². The van der Waals surface area contributed by atoms with Gasteiger partial charge in [0.05, 0.1) is 12.0 Å². The molecule has 1 aliphatic carbocycles. The zero-order chi connectivity index (χ0) is 15.6. The van der Waals surface area contributed by atoms with Gasteiger partial charge >= 0.3 is 0 Å². The number of aliphatic hydroxyl groups is 1. The van der Waals surface area contributed by atoms with Gasteiger partial charge in [-0.1, -0.05) is 6.42 Å². The first kappa shape index (κ1) is 16.3. The maximum absolute atomic E-state index is 12.7. The molecule has 118 valence electrons. The Labute approximate surface area is 126 Å². The van der Waals surface area contributed by atoms with Crippen molar-refractivity contribution in [2.75, 3.05) is 13.7 Å². The standard InChI is InChI=1S/C15H23NO4S/c1-10-7-13(20-3)8-11(2)15(10)21(18,19)16-14-6-4-5-12(14)9-17/h7-8,12,14,16-17H,4-6,9H2,1-3H3. The molecule has 6 heteroatoms. The molecule has 0 aromatic heterocycles. The van der Waals surface area contributed by atoms with Gasteiger partial charge in [0.15, 0.2) is 0 Å². The van der Waals surface area contributed by atoms with Crippen LogP contribution in [-0.2, 0) is 10.0 Å². The molecule has 1 fully saturated rings. The van der Waals surface area contributed by atoms with Crippen LogP contribution < -0.4 is 9.46 Å². The van der Waals surface area contributed by atoms with E-state index < -0.39 is 10.0 Å². The molecule has 0 aliphatic heterocycles. The minimum Gasteiger partial charge on any atom is -0.497 e. The largest absolute Gasteiger partial charge is 0.497 e. The normalized spacial score (nSPS) is 22.5. The number of rotatable bonds is 5. The fourth-order valence-corrected chi connectivity index (χ4v) is 4.91. The topological polar surface area (TPSA) is 75.6 Å². The quantitative estimate of drug-likeness (QED) is 0.868. The van der Waals surface area contributed by atoms with Crippen LogP contribution >= 0.6 is 0 Å². The summed E-state index contributed by atoms with van der Waals surface area (Å²) in [6.45, 7) is 3.55. The number of hydrogen-bond acceptors (Lipinski definition) is 4. The van der Waals surface area contributed by atoms with Gasteiger partial charge in [-0.3, -0.25) is 0 Å². The SMILES string of the molecule is COc1cc(C)c(S(=O)(=O)NC2CCCC2CO)c(C)c1. The van der Waals surface area contributed by atoms with Gasteiger partial charge in [0.2, 0.25) is 10.0 Å². The third-order valence-electron chi connectivity index (χ3n) is 4.14. The van der Waals surface area contributed by atoms with Crippen LogP contribution in [0.1, 0.15) is 30.4 Å². The summed E-state index contributed by atoms with van der Waals surface area (Å²) in [7, 11) is -2.03. The number of aliphatic hydroxyl groups excluding tert-OH is 1. The van der Waals surface area contributed by atoms with E-state index in [9.17, 15) is 13.5 Å². The van der Waals surface area contributed by atoms with Gasteiger partial charge < -0.3 is 9.84 Å². The van der Waals surface area contributed by atoms with Gasteiger partial charge in [-0.15, -0.1) is 0 Å². The Morgan fingerprint density at radius 1 is 1.29 bits per heavy atom. The Balaban J connectivity index is 2.32. The molecule has 2 atom stereocenters. The van der Waals surface area contributed by atoms with Crippen LogP contribution in [0.4, 0.5) is 0 Å². The molecular weight excluding hydrogens is 290 g/mol. The average Bonchev–Trinajstić information content (AvgIpc) is 2.83. The smallest absolute Gasteiger partial charge is 0.241 e. The van der Waals surface area contributed by atoms with Crippen LogP contribution in [0.3, 0.4) is 0 Å². The molecule has 0 spiro atoms. The van der Waals surface area contributed by atoms with Crippen LogP contribution in [0.5, 0.6) is 5.75 Å². The number of hydrogen-bond donors (Lipinski definition) is 2. The minimum atomic E-state index is -3.59. The number of aryl methyl sites for hydroxylation is 2. The Hall–Kier alpha value is -1.11. The van der Waals surface area contributed by atoms with E-state index in [4.69, 9.17) is 4.74 Å². The second-order valence-electron chi connectivity index (χ2n) is 5.69. The van der Waals surface area contributed by atoms with Crippen LogP contribution in [0.25, 0.3) is 0 Å². The molecule has 0 radical (unpaired) electrons. The third kappa shape index (κ3) is 3.39. The molecule has 0 heterocycles. The van der Waals surface area contributed by atoms with Crippen LogP contribution in [0, 0.1) is 19.8 Å². The third-order valence-corrected chi connectivity index (χ3v) is 5.93. The summed E-state index contributed by atoms with van der Waals surface area (Å²) in [4.78, 5) is 0.312. The number of benzene rings is 1. The monoisotopic (exact) mass is 313 g/mol. The van der Waals surface area contributed by atoms with Crippen LogP contribution in [0.15, 0.2) is 17.0 Å². The number of nitrogens with one attached hydrogen (secondary N) is 1. The summed E-state index contributed by atoms with van der Waals surface area (Å²) in [6.07, 6.45) is 2.59. The lowest BCUT2D eigenvalue weighted by molar-refractivity contribution is 0.213. The van der Waals surface area contributed by atoms with Crippen molar-refractivity contribution in [3.63, 3.8) is 0 Å². The van der Waals surface area contributed by atoms with Gasteiger partial charge in [0, 0.05) is 12.6 Å². The van der Waals surface area contributed by atoms with Crippen molar-refractivity contribution >= 4 is 10.0 Å². The van der Waals surface area contributed by atoms with E-state index in [0.29, 0.717) is 21.8 Å². The van der Waals surface area contributed by atoms with Crippen molar-refractivity contribution in [1.82, 2.24) is 4.72 Å². The molecule has 0 bridgehead atoms. The maximum Gasteiger partial charge on any atom is 0.241 e. The maximum atomic E-state index is 12.7. The van der Waals surface area contributed by atoms with Crippen molar-refractivity contribution in [2.24, 2.45) is 5.92 Å². The molecule has 1 aromatic rings. The number of ether oxygens (including phenoxy) is 1. The summed E-state index contributed by atoms with van der Waals surface area (Å²) >= 11 is 0. The molecule has 2 unspecified atom stereocenters. The molecule has 0 saturated heterocycles. The first-order valence-corrected chi connectivity index (χ1v) is 8.65. The summed E-state index contributed by atoms with van der Waals surface area (Å²) < 4.78 is 33.2. The van der Waals surface area contributed by atoms with Gasteiger partial charge in [0.1, 0.15) is 5.75 Å². The Morgan fingerprint density at radius 3 is 2.43 bits per heavy atom. The van der Waals surface area contributed by atoms with Crippen molar-refractivity contribution in [1.29, 1.82) is 0 Å². The molecule has 1 aliphatic rings. The highest BCUT2D eigenvalue weighted by molar-refractivity contribution is 7.89. The van der Waals surface area contributed by atoms with Gasteiger partial charge in [-0.25, -0.2) is 13.1 Å². The molecule has 1 aromatic carbocycles. The van der Waals surface area contributed by atoms with Crippen molar-refractivity contribution in [2.45, 2.75) is 44.0 Å². The summed E-state index contributed by atoms with van der Waals surface area (Å²) in [5, 5.41) is 9.33. The molecule has 5 nitrogen and oxygen atoms in total. The summed E-state index contributed by atoms with van der Waals surface area (Å²) in [6, 6.07) is 3.26. The first-order chi connectivity index (χ1) is 9.89. The van der Waals surface area contributed by atoms with Crippen molar-refractivity contribution in [3.05, 3.63) is 23.3 Å². The lowest BCUT2D eigenvalue weighted by atomic mass is 10.1. The van der Waals surface area contributed by atoms with Crippen LogP contribution in [0.2, 0.25) is 0 Å². The van der Waals surface area contributed by atoms with Gasteiger partial charge in [-0.05, 0) is 55.9 Å². The molecular formula is C15H23NO4S. The fraction of sp³-hybridized carbons (Fsp3) is 0.600. The molecule has 2 N–H and O–H groups in total. The number of sulfonamides is 1. The lowest BCUT2D eigenvalue weighted by Gasteiger charge is -2.21. The summed E-state index contributed by atoms with van der Waals surface area (Å²) in [5.41, 5.74) is 1.33. The molecule has 21 heavy (non-hydrogen) atoms. The zero-order valence-electron chi connectivity index (χ0n) is 12.7. The Bertz CT molecular complexity index is 589. The van der Waals surface area contributed by atoms with E-state index in [1.54, 1.807) is 33.1 Å². The van der Waals surface area contributed by atoms with E-state index in [2.05, 4.69) is 4.72 Å². The summed E-state index contributed by atoms with van der Waals surface area (Å²) in [5.74, 6) is 0.664. The molecule has 2 rings (SSSR count). The van der Waals surface area contributed by atoms with Gasteiger partial charge in [0.25, 0.3) is 0 Å².